The van der Waals surface area contributed by atoms with E-state index >= 15 is 0 Å². The van der Waals surface area contributed by atoms with Crippen molar-refractivity contribution in [2.24, 2.45) is 0 Å². The van der Waals surface area contributed by atoms with Crippen molar-refractivity contribution < 1.29 is 9.47 Å². The van der Waals surface area contributed by atoms with Crippen LogP contribution in [0, 0.1) is 6.92 Å². The minimum atomic E-state index is 0.619. The average Bonchev–Trinajstić information content (AvgIpc) is 2.40. The SMILES string of the molecule is CCOc1cccc(-c2cc(OC)ccc2C)n1. The first-order valence-corrected chi connectivity index (χ1v) is 5.99. The molecule has 3 nitrogen and oxygen atoms in total. The third kappa shape index (κ3) is 2.62. The van der Waals surface area contributed by atoms with Crippen LogP contribution in [0.15, 0.2) is 36.4 Å². The summed E-state index contributed by atoms with van der Waals surface area (Å²) in [6.45, 7) is 4.63. The molecule has 1 heterocycles. The van der Waals surface area contributed by atoms with E-state index in [1.165, 1.54) is 0 Å². The van der Waals surface area contributed by atoms with Crippen LogP contribution in [0.1, 0.15) is 12.5 Å². The first kappa shape index (κ1) is 12.4. The molecular weight excluding hydrogens is 226 g/mol. The minimum Gasteiger partial charge on any atom is -0.497 e. The lowest BCUT2D eigenvalue weighted by Crippen LogP contribution is -1.96. The van der Waals surface area contributed by atoms with Crippen molar-refractivity contribution in [3.8, 4) is 22.9 Å². The van der Waals surface area contributed by atoms with Crippen LogP contribution in [0.4, 0.5) is 0 Å². The second-order valence-corrected chi connectivity index (χ2v) is 3.97. The quantitative estimate of drug-likeness (QED) is 0.824. The highest BCUT2D eigenvalue weighted by Crippen LogP contribution is 2.27. The van der Waals surface area contributed by atoms with Crippen molar-refractivity contribution in [1.82, 2.24) is 4.98 Å². The molecule has 2 rings (SSSR count). The Labute approximate surface area is 107 Å². The highest BCUT2D eigenvalue weighted by Gasteiger charge is 2.06. The number of methoxy groups -OCH3 is 1. The molecule has 0 atom stereocenters. The third-order valence-electron chi connectivity index (χ3n) is 2.74. The Morgan fingerprint density at radius 1 is 1.17 bits per heavy atom. The maximum atomic E-state index is 5.42. The number of pyridine rings is 1. The third-order valence-corrected chi connectivity index (χ3v) is 2.74. The van der Waals surface area contributed by atoms with Gasteiger partial charge in [-0.25, -0.2) is 4.98 Å². The first-order valence-electron chi connectivity index (χ1n) is 5.99. The Hall–Kier alpha value is -2.03. The fourth-order valence-corrected chi connectivity index (χ4v) is 1.80. The average molecular weight is 243 g/mol. The highest BCUT2D eigenvalue weighted by atomic mass is 16.5. The van der Waals surface area contributed by atoms with Crippen LogP contribution in [0.3, 0.4) is 0 Å². The van der Waals surface area contributed by atoms with Gasteiger partial charge in [0.2, 0.25) is 5.88 Å². The number of aromatic nitrogens is 1. The van der Waals surface area contributed by atoms with E-state index in [1.54, 1.807) is 7.11 Å². The van der Waals surface area contributed by atoms with Gasteiger partial charge in [0, 0.05) is 11.6 Å². The maximum absolute atomic E-state index is 5.42. The Morgan fingerprint density at radius 2 is 2.00 bits per heavy atom. The molecule has 1 aromatic carbocycles. The van der Waals surface area contributed by atoms with Crippen molar-refractivity contribution in [2.75, 3.05) is 13.7 Å². The van der Waals surface area contributed by atoms with Gasteiger partial charge in [0.1, 0.15) is 5.75 Å². The van der Waals surface area contributed by atoms with Crippen molar-refractivity contribution >= 4 is 0 Å². The molecule has 3 heteroatoms. The largest absolute Gasteiger partial charge is 0.497 e. The van der Waals surface area contributed by atoms with Gasteiger partial charge in [-0.2, -0.15) is 0 Å². The maximum Gasteiger partial charge on any atom is 0.213 e. The second-order valence-electron chi connectivity index (χ2n) is 3.97. The summed E-state index contributed by atoms with van der Waals surface area (Å²) in [6, 6.07) is 11.8. The molecule has 0 bridgehead atoms. The Balaban J connectivity index is 2.44. The van der Waals surface area contributed by atoms with E-state index in [4.69, 9.17) is 9.47 Å². The molecule has 0 amide bonds. The number of rotatable bonds is 4. The van der Waals surface area contributed by atoms with Gasteiger partial charge >= 0.3 is 0 Å². The van der Waals surface area contributed by atoms with Gasteiger partial charge in [-0.15, -0.1) is 0 Å². The van der Waals surface area contributed by atoms with E-state index in [2.05, 4.69) is 11.9 Å². The van der Waals surface area contributed by atoms with Crippen molar-refractivity contribution in [1.29, 1.82) is 0 Å². The van der Waals surface area contributed by atoms with E-state index < -0.39 is 0 Å². The molecule has 2 aromatic rings. The van der Waals surface area contributed by atoms with Crippen molar-refractivity contribution in [3.63, 3.8) is 0 Å². The number of ether oxygens (including phenoxy) is 2. The Morgan fingerprint density at radius 3 is 2.72 bits per heavy atom. The van der Waals surface area contributed by atoms with Gasteiger partial charge in [0.25, 0.3) is 0 Å². The van der Waals surface area contributed by atoms with Gasteiger partial charge in [-0.05, 0) is 37.6 Å². The normalized spacial score (nSPS) is 10.2. The second kappa shape index (κ2) is 5.54. The van der Waals surface area contributed by atoms with Crippen LogP contribution in [-0.2, 0) is 0 Å². The number of benzene rings is 1. The molecule has 0 radical (unpaired) electrons. The first-order chi connectivity index (χ1) is 8.74. The summed E-state index contributed by atoms with van der Waals surface area (Å²) < 4.78 is 10.7. The summed E-state index contributed by atoms with van der Waals surface area (Å²) >= 11 is 0. The fraction of sp³-hybridized carbons (Fsp3) is 0.267. The topological polar surface area (TPSA) is 31.4 Å². The molecule has 0 fully saturated rings. The van der Waals surface area contributed by atoms with E-state index in [9.17, 15) is 0 Å². The summed E-state index contributed by atoms with van der Waals surface area (Å²) in [5.74, 6) is 1.48. The molecule has 0 spiro atoms. The Kier molecular flexibility index (Phi) is 3.82. The standard InChI is InChI=1S/C15H17NO2/c1-4-18-15-7-5-6-14(16-15)13-10-12(17-3)9-8-11(13)2/h5-10H,4H2,1-3H3. The minimum absolute atomic E-state index is 0.619. The van der Waals surface area contributed by atoms with E-state index in [-0.39, 0.29) is 0 Å². The smallest absolute Gasteiger partial charge is 0.213 e. The van der Waals surface area contributed by atoms with Crippen LogP contribution in [-0.4, -0.2) is 18.7 Å². The zero-order valence-corrected chi connectivity index (χ0v) is 10.9. The molecule has 0 N–H and O–H groups in total. The summed E-state index contributed by atoms with van der Waals surface area (Å²) in [7, 11) is 1.67. The number of nitrogens with zero attached hydrogens (tertiary/aromatic N) is 1. The van der Waals surface area contributed by atoms with Gasteiger partial charge in [0.15, 0.2) is 0 Å². The number of aryl methyl sites for hydroxylation is 1. The summed E-state index contributed by atoms with van der Waals surface area (Å²) in [4.78, 5) is 4.49. The summed E-state index contributed by atoms with van der Waals surface area (Å²) in [5.41, 5.74) is 3.13. The molecule has 0 saturated heterocycles. The van der Waals surface area contributed by atoms with Gasteiger partial charge in [0.05, 0.1) is 19.4 Å². The van der Waals surface area contributed by atoms with E-state index in [0.29, 0.717) is 12.5 Å². The molecule has 1 aromatic heterocycles. The number of hydrogen-bond donors (Lipinski definition) is 0. The highest BCUT2D eigenvalue weighted by molar-refractivity contribution is 5.65. The molecule has 0 aliphatic rings. The zero-order valence-electron chi connectivity index (χ0n) is 10.9. The molecule has 0 saturated carbocycles. The predicted molar refractivity (Wildman–Crippen MR) is 72.1 cm³/mol. The van der Waals surface area contributed by atoms with E-state index in [0.717, 1.165) is 22.6 Å². The predicted octanol–water partition coefficient (Wildman–Crippen LogP) is 3.46. The van der Waals surface area contributed by atoms with Crippen LogP contribution >= 0.6 is 0 Å². The fourth-order valence-electron chi connectivity index (χ4n) is 1.80. The zero-order chi connectivity index (χ0) is 13.0. The van der Waals surface area contributed by atoms with Crippen molar-refractivity contribution in [3.05, 3.63) is 42.0 Å². The Bertz CT molecular complexity index is 538. The summed E-state index contributed by atoms with van der Waals surface area (Å²) in [5, 5.41) is 0. The molecule has 0 aliphatic carbocycles. The van der Waals surface area contributed by atoms with Crippen LogP contribution < -0.4 is 9.47 Å². The number of hydrogen-bond acceptors (Lipinski definition) is 3. The van der Waals surface area contributed by atoms with Gasteiger partial charge < -0.3 is 9.47 Å². The van der Waals surface area contributed by atoms with Gasteiger partial charge in [-0.3, -0.25) is 0 Å². The van der Waals surface area contributed by atoms with Crippen LogP contribution in [0.25, 0.3) is 11.3 Å². The molecule has 18 heavy (non-hydrogen) atoms. The van der Waals surface area contributed by atoms with E-state index in [1.807, 2.05) is 43.3 Å². The monoisotopic (exact) mass is 243 g/mol. The van der Waals surface area contributed by atoms with Crippen LogP contribution in [0.5, 0.6) is 11.6 Å². The van der Waals surface area contributed by atoms with Crippen LogP contribution in [0.2, 0.25) is 0 Å². The lowest BCUT2D eigenvalue weighted by Gasteiger charge is -2.09. The molecular formula is C15H17NO2. The van der Waals surface area contributed by atoms with Gasteiger partial charge in [-0.1, -0.05) is 12.1 Å². The molecule has 94 valence electrons. The molecule has 0 unspecified atom stereocenters. The lowest BCUT2D eigenvalue weighted by atomic mass is 10.0. The summed E-state index contributed by atoms with van der Waals surface area (Å²) in [6.07, 6.45) is 0. The molecule has 0 aliphatic heterocycles. The van der Waals surface area contributed by atoms with Crippen molar-refractivity contribution in [2.45, 2.75) is 13.8 Å². The lowest BCUT2D eigenvalue weighted by molar-refractivity contribution is 0.327.